The van der Waals surface area contributed by atoms with Crippen molar-refractivity contribution in [2.45, 2.75) is 90.4 Å². The molecule has 1 heterocycles. The Balaban J connectivity index is 1.80. The van der Waals surface area contributed by atoms with Gasteiger partial charge in [-0.15, -0.1) is 0 Å². The van der Waals surface area contributed by atoms with Crippen LogP contribution in [-0.2, 0) is 36.9 Å². The zero-order valence-electron chi connectivity index (χ0n) is 23.2. The highest BCUT2D eigenvalue weighted by Crippen LogP contribution is 2.23. The predicted molar refractivity (Wildman–Crippen MR) is 146 cm³/mol. The predicted octanol–water partition coefficient (Wildman–Crippen LogP) is 0.520. The molecule has 0 radical (unpaired) electrons. The molecule has 1 aromatic carbocycles. The minimum Gasteiger partial charge on any atom is -0.391 e. The normalized spacial score (nSPS) is 16.7. The molecular formula is C28H43N5O6. The molecule has 39 heavy (non-hydrogen) atoms. The number of amides is 5. The van der Waals surface area contributed by atoms with Gasteiger partial charge in [0.05, 0.1) is 6.10 Å². The summed E-state index contributed by atoms with van der Waals surface area (Å²) in [6, 6.07) is 6.25. The number of rotatable bonds is 15. The van der Waals surface area contributed by atoms with Gasteiger partial charge in [-0.25, -0.2) is 0 Å². The Kier molecular flexibility index (Phi) is 12.4. The molecule has 3 atom stereocenters. The van der Waals surface area contributed by atoms with Crippen molar-refractivity contribution in [1.29, 1.82) is 0 Å². The fourth-order valence-electron chi connectivity index (χ4n) is 4.49. The van der Waals surface area contributed by atoms with Gasteiger partial charge >= 0.3 is 0 Å². The Hall–Kier alpha value is -3.47. The number of nitrogens with one attached hydrogen (secondary N) is 3. The first-order chi connectivity index (χ1) is 18.4. The third-order valence-corrected chi connectivity index (χ3v) is 6.74. The molecule has 0 aromatic heterocycles. The van der Waals surface area contributed by atoms with Crippen LogP contribution in [0.4, 0.5) is 0 Å². The number of unbranched alkanes of at least 4 members (excludes halogenated alkanes) is 1. The summed E-state index contributed by atoms with van der Waals surface area (Å²) in [5.74, 6) is -1.27. The lowest BCUT2D eigenvalue weighted by Crippen LogP contribution is -2.54. The number of carbonyl (C=O) groups excluding carboxylic acids is 5. The molecule has 5 amide bonds. The van der Waals surface area contributed by atoms with Gasteiger partial charge in [-0.1, -0.05) is 45.0 Å². The van der Waals surface area contributed by atoms with E-state index in [-0.39, 0.29) is 31.2 Å². The highest BCUT2D eigenvalue weighted by Gasteiger charge is 2.37. The first-order valence-electron chi connectivity index (χ1n) is 13.5. The highest BCUT2D eigenvalue weighted by molar-refractivity contribution is 5.88. The van der Waals surface area contributed by atoms with Gasteiger partial charge in [-0.2, -0.15) is 0 Å². The number of aliphatic hydroxyl groups excluding tert-OH is 1. The van der Waals surface area contributed by atoms with Crippen LogP contribution in [0.25, 0.3) is 0 Å². The maximum Gasteiger partial charge on any atom is 0.245 e. The van der Waals surface area contributed by atoms with Gasteiger partial charge in [0.2, 0.25) is 30.0 Å². The van der Waals surface area contributed by atoms with Crippen LogP contribution < -0.4 is 21.7 Å². The van der Waals surface area contributed by atoms with E-state index in [9.17, 15) is 29.1 Å². The quantitative estimate of drug-likeness (QED) is 0.159. The molecule has 1 aliphatic rings. The Morgan fingerprint density at radius 2 is 1.87 bits per heavy atom. The molecule has 0 bridgehead atoms. The second kappa shape index (κ2) is 15.2. The number of β-amino-alcohol motifs (C(OH)–C–C–N with tert-alkyl or cyclic N) is 1. The standard InChI is InChI=1S/C28H43N5O6/c1-28(2,3)25(27(39)33-14-13-21(35)17-33)32-24(37)10-5-4-7-19-8-6-9-20(15-19)16-30-26(38)22(31-18-34)11-12-23(29)36/h6,8-9,15,18,21-22,25,35H,4-5,7,10-14,16-17H2,1-3H3,(H2,29,36)(H,30,38)(H,31,34)(H,32,37)/t21-,22+,25-/m1/s1. The first kappa shape index (κ1) is 31.7. The van der Waals surface area contributed by atoms with Crippen molar-refractivity contribution < 1.29 is 29.1 Å². The molecule has 0 unspecified atom stereocenters. The minimum atomic E-state index is -0.834. The second-order valence-electron chi connectivity index (χ2n) is 11.2. The maximum absolute atomic E-state index is 13.0. The molecular weight excluding hydrogens is 502 g/mol. The molecule has 11 nitrogen and oxygen atoms in total. The summed E-state index contributed by atoms with van der Waals surface area (Å²) in [5, 5.41) is 17.9. The average molecular weight is 546 g/mol. The maximum atomic E-state index is 13.0. The van der Waals surface area contributed by atoms with Gasteiger partial charge in [0.1, 0.15) is 12.1 Å². The van der Waals surface area contributed by atoms with E-state index in [2.05, 4.69) is 16.0 Å². The number of nitrogens with two attached hydrogens (primary N) is 1. The third-order valence-electron chi connectivity index (χ3n) is 6.74. The van der Waals surface area contributed by atoms with Crippen molar-refractivity contribution in [1.82, 2.24) is 20.9 Å². The smallest absolute Gasteiger partial charge is 0.245 e. The van der Waals surface area contributed by atoms with Crippen molar-refractivity contribution in [3.05, 3.63) is 35.4 Å². The number of likely N-dealkylation sites (tertiary alicyclic amines) is 1. The van der Waals surface area contributed by atoms with Crippen LogP contribution in [0.1, 0.15) is 70.4 Å². The van der Waals surface area contributed by atoms with Gasteiger partial charge in [-0.3, -0.25) is 24.0 Å². The van der Waals surface area contributed by atoms with Crippen molar-refractivity contribution in [3.63, 3.8) is 0 Å². The number of aliphatic hydroxyl groups is 1. The Labute approximate surface area is 230 Å². The van der Waals surface area contributed by atoms with Crippen molar-refractivity contribution in [3.8, 4) is 0 Å². The lowest BCUT2D eigenvalue weighted by Gasteiger charge is -2.33. The van der Waals surface area contributed by atoms with Crippen LogP contribution in [0.5, 0.6) is 0 Å². The number of primary amides is 1. The van der Waals surface area contributed by atoms with Crippen LogP contribution >= 0.6 is 0 Å². The molecule has 2 rings (SSSR count). The third kappa shape index (κ3) is 11.0. The molecule has 11 heteroatoms. The van der Waals surface area contributed by atoms with E-state index in [0.717, 1.165) is 24.0 Å². The number of benzene rings is 1. The highest BCUT2D eigenvalue weighted by atomic mass is 16.3. The lowest BCUT2D eigenvalue weighted by molar-refractivity contribution is -0.138. The van der Waals surface area contributed by atoms with Gasteiger partial charge < -0.3 is 31.7 Å². The van der Waals surface area contributed by atoms with Gasteiger partial charge in [-0.05, 0) is 48.6 Å². The number of hydrogen-bond acceptors (Lipinski definition) is 6. The van der Waals surface area contributed by atoms with Crippen molar-refractivity contribution >= 4 is 30.0 Å². The zero-order valence-corrected chi connectivity index (χ0v) is 23.2. The van der Waals surface area contributed by atoms with E-state index in [0.29, 0.717) is 38.8 Å². The number of nitrogens with zero attached hydrogens (tertiary/aromatic N) is 1. The number of aryl methyl sites for hydroxylation is 1. The largest absolute Gasteiger partial charge is 0.391 e. The van der Waals surface area contributed by atoms with E-state index in [4.69, 9.17) is 5.73 Å². The number of hydrogen-bond donors (Lipinski definition) is 5. The molecule has 1 aromatic rings. The van der Waals surface area contributed by atoms with E-state index >= 15 is 0 Å². The van der Waals surface area contributed by atoms with E-state index in [1.165, 1.54) is 0 Å². The molecule has 6 N–H and O–H groups in total. The molecule has 1 saturated heterocycles. The molecule has 1 fully saturated rings. The lowest BCUT2D eigenvalue weighted by atomic mass is 9.85. The van der Waals surface area contributed by atoms with Crippen LogP contribution in [0.2, 0.25) is 0 Å². The molecule has 0 aliphatic carbocycles. The Bertz CT molecular complexity index is 1010. The monoisotopic (exact) mass is 545 g/mol. The second-order valence-corrected chi connectivity index (χ2v) is 11.2. The van der Waals surface area contributed by atoms with Gasteiger partial charge in [0.15, 0.2) is 0 Å². The summed E-state index contributed by atoms with van der Waals surface area (Å²) >= 11 is 0. The van der Waals surface area contributed by atoms with Crippen LogP contribution in [-0.4, -0.2) is 71.3 Å². The Morgan fingerprint density at radius 1 is 1.15 bits per heavy atom. The fourth-order valence-corrected chi connectivity index (χ4v) is 4.49. The Morgan fingerprint density at radius 3 is 2.49 bits per heavy atom. The molecule has 0 saturated carbocycles. The SMILES string of the molecule is CC(C)(C)[C@H](NC(=O)CCCCc1cccc(CNC(=O)[C@H](CCC(N)=O)NC=O)c1)C(=O)N1CC[C@@H](O)C1. The molecule has 0 spiro atoms. The van der Waals surface area contributed by atoms with E-state index in [1.807, 2.05) is 45.0 Å². The van der Waals surface area contributed by atoms with E-state index < -0.39 is 35.4 Å². The van der Waals surface area contributed by atoms with Crippen molar-refractivity contribution in [2.75, 3.05) is 13.1 Å². The molecule has 216 valence electrons. The van der Waals surface area contributed by atoms with Gasteiger partial charge in [0.25, 0.3) is 0 Å². The fraction of sp³-hybridized carbons (Fsp3) is 0.607. The zero-order chi connectivity index (χ0) is 29.0. The average Bonchev–Trinajstić information content (AvgIpc) is 3.31. The summed E-state index contributed by atoms with van der Waals surface area (Å²) in [4.78, 5) is 61.4. The first-order valence-corrected chi connectivity index (χ1v) is 13.5. The minimum absolute atomic E-state index is 0.0117. The number of carbonyl (C=O) groups is 5. The van der Waals surface area contributed by atoms with Gasteiger partial charge in [0, 0.05) is 32.5 Å². The summed E-state index contributed by atoms with van der Waals surface area (Å²) in [6.45, 7) is 6.80. The van der Waals surface area contributed by atoms with Crippen LogP contribution in [0.15, 0.2) is 24.3 Å². The summed E-state index contributed by atoms with van der Waals surface area (Å²) in [5.41, 5.74) is 6.62. The topological polar surface area (TPSA) is 171 Å². The summed E-state index contributed by atoms with van der Waals surface area (Å²) in [6.07, 6.45) is 3.05. The van der Waals surface area contributed by atoms with Crippen LogP contribution in [0, 0.1) is 5.41 Å². The van der Waals surface area contributed by atoms with E-state index in [1.54, 1.807) is 4.90 Å². The van der Waals surface area contributed by atoms with Crippen molar-refractivity contribution in [2.24, 2.45) is 11.1 Å². The summed E-state index contributed by atoms with van der Waals surface area (Å²) < 4.78 is 0. The summed E-state index contributed by atoms with van der Waals surface area (Å²) in [7, 11) is 0. The van der Waals surface area contributed by atoms with Crippen LogP contribution in [0.3, 0.4) is 0 Å². The molecule has 1 aliphatic heterocycles.